The molecule has 0 fully saturated rings. The second-order valence-corrected chi connectivity index (χ2v) is 5.13. The van der Waals surface area contributed by atoms with E-state index in [1.807, 2.05) is 53.4 Å². The maximum absolute atomic E-state index is 11.6. The minimum absolute atomic E-state index is 0.521. The number of nitrogens with zero attached hydrogens (tertiary/aromatic N) is 1. The third-order valence-corrected chi connectivity index (χ3v) is 3.91. The number of para-hydroxylation sites is 2. The Kier molecular flexibility index (Phi) is 3.52. The second-order valence-electron chi connectivity index (χ2n) is 5.13. The van der Waals surface area contributed by atoms with E-state index >= 15 is 0 Å². The number of ether oxygens (including phenoxy) is 1. The summed E-state index contributed by atoms with van der Waals surface area (Å²) in [5, 5.41) is 9.49. The molecule has 0 amide bonds. The SMILES string of the molecule is COc1ccccc1CN1c2ccccc2CC1C(=O)O. The van der Waals surface area contributed by atoms with Crippen LogP contribution in [0.3, 0.4) is 0 Å². The first kappa shape index (κ1) is 13.5. The number of fused-ring (bicyclic) bond motifs is 1. The van der Waals surface area contributed by atoms with E-state index in [1.165, 1.54) is 0 Å². The molecule has 1 N–H and O–H groups in total. The molecule has 0 radical (unpaired) electrons. The highest BCUT2D eigenvalue weighted by Gasteiger charge is 2.34. The van der Waals surface area contributed by atoms with Crippen LogP contribution in [0.5, 0.6) is 5.75 Å². The van der Waals surface area contributed by atoms with Crippen LogP contribution in [0.1, 0.15) is 11.1 Å². The average Bonchev–Trinajstić information content (AvgIpc) is 2.87. The molecule has 2 aromatic carbocycles. The van der Waals surface area contributed by atoms with Gasteiger partial charge in [-0.3, -0.25) is 0 Å². The van der Waals surface area contributed by atoms with Gasteiger partial charge in [0.25, 0.3) is 0 Å². The maximum Gasteiger partial charge on any atom is 0.326 e. The molecule has 4 heteroatoms. The predicted octanol–water partition coefficient (Wildman–Crippen LogP) is 2.71. The number of carbonyl (C=O) groups is 1. The lowest BCUT2D eigenvalue weighted by Crippen LogP contribution is -2.38. The van der Waals surface area contributed by atoms with Crippen molar-refractivity contribution in [1.29, 1.82) is 0 Å². The minimum atomic E-state index is -0.791. The Balaban J connectivity index is 1.97. The number of methoxy groups -OCH3 is 1. The lowest BCUT2D eigenvalue weighted by atomic mass is 10.1. The number of aliphatic carboxylic acids is 1. The van der Waals surface area contributed by atoms with Crippen LogP contribution in [0.25, 0.3) is 0 Å². The molecule has 1 aliphatic rings. The van der Waals surface area contributed by atoms with E-state index < -0.39 is 12.0 Å². The molecule has 21 heavy (non-hydrogen) atoms. The summed E-state index contributed by atoms with van der Waals surface area (Å²) in [4.78, 5) is 13.5. The van der Waals surface area contributed by atoms with E-state index in [0.717, 1.165) is 22.6 Å². The smallest absolute Gasteiger partial charge is 0.326 e. The number of hydrogen-bond acceptors (Lipinski definition) is 3. The molecule has 1 aliphatic heterocycles. The summed E-state index contributed by atoms with van der Waals surface area (Å²) < 4.78 is 5.37. The van der Waals surface area contributed by atoms with Crippen LogP contribution in [0, 0.1) is 0 Å². The Morgan fingerprint density at radius 2 is 1.95 bits per heavy atom. The summed E-state index contributed by atoms with van der Waals surface area (Å²) in [5.41, 5.74) is 3.07. The van der Waals surface area contributed by atoms with Gasteiger partial charge in [0.05, 0.1) is 7.11 Å². The first-order chi connectivity index (χ1) is 10.2. The van der Waals surface area contributed by atoms with Crippen LogP contribution >= 0.6 is 0 Å². The van der Waals surface area contributed by atoms with Crippen molar-refractivity contribution in [3.05, 3.63) is 59.7 Å². The maximum atomic E-state index is 11.6. The molecule has 0 bridgehead atoms. The van der Waals surface area contributed by atoms with Gasteiger partial charge >= 0.3 is 5.97 Å². The van der Waals surface area contributed by atoms with Gasteiger partial charge in [0, 0.05) is 24.2 Å². The molecular formula is C17H17NO3. The molecule has 2 aromatic rings. The van der Waals surface area contributed by atoms with Crippen molar-refractivity contribution < 1.29 is 14.6 Å². The zero-order valence-corrected chi connectivity index (χ0v) is 11.8. The van der Waals surface area contributed by atoms with Crippen molar-refractivity contribution in [1.82, 2.24) is 0 Å². The van der Waals surface area contributed by atoms with Crippen LogP contribution in [0.15, 0.2) is 48.5 Å². The number of anilines is 1. The van der Waals surface area contributed by atoms with Crippen LogP contribution in [0.4, 0.5) is 5.69 Å². The largest absolute Gasteiger partial charge is 0.496 e. The molecule has 1 atom stereocenters. The lowest BCUT2D eigenvalue weighted by Gasteiger charge is -2.25. The van der Waals surface area contributed by atoms with E-state index in [4.69, 9.17) is 4.74 Å². The molecule has 1 heterocycles. The van der Waals surface area contributed by atoms with Gasteiger partial charge in [-0.1, -0.05) is 36.4 Å². The monoisotopic (exact) mass is 283 g/mol. The van der Waals surface area contributed by atoms with Crippen LogP contribution in [0.2, 0.25) is 0 Å². The van der Waals surface area contributed by atoms with Gasteiger partial charge in [-0.05, 0) is 17.7 Å². The Morgan fingerprint density at radius 3 is 2.71 bits per heavy atom. The van der Waals surface area contributed by atoms with Crippen LogP contribution in [-0.4, -0.2) is 24.2 Å². The first-order valence-electron chi connectivity index (χ1n) is 6.90. The molecule has 0 saturated carbocycles. The quantitative estimate of drug-likeness (QED) is 0.937. The Hall–Kier alpha value is -2.49. The van der Waals surface area contributed by atoms with Gasteiger partial charge in [-0.2, -0.15) is 0 Å². The van der Waals surface area contributed by atoms with Crippen LogP contribution in [-0.2, 0) is 17.8 Å². The molecule has 1 unspecified atom stereocenters. The molecule has 0 saturated heterocycles. The summed E-state index contributed by atoms with van der Waals surface area (Å²) in [7, 11) is 1.63. The van der Waals surface area contributed by atoms with Crippen molar-refractivity contribution in [2.75, 3.05) is 12.0 Å². The Morgan fingerprint density at radius 1 is 1.24 bits per heavy atom. The Bertz CT molecular complexity index is 669. The van der Waals surface area contributed by atoms with Gasteiger partial charge < -0.3 is 14.7 Å². The highest BCUT2D eigenvalue weighted by Crippen LogP contribution is 2.34. The fourth-order valence-corrected chi connectivity index (χ4v) is 2.88. The van der Waals surface area contributed by atoms with Gasteiger partial charge in [0.1, 0.15) is 11.8 Å². The van der Waals surface area contributed by atoms with E-state index in [-0.39, 0.29) is 0 Å². The van der Waals surface area contributed by atoms with E-state index in [0.29, 0.717) is 13.0 Å². The predicted molar refractivity (Wildman–Crippen MR) is 80.7 cm³/mol. The summed E-state index contributed by atoms with van der Waals surface area (Å²) in [5.74, 6) is -0.00730. The normalized spacial score (nSPS) is 16.6. The zero-order chi connectivity index (χ0) is 14.8. The third kappa shape index (κ3) is 2.44. The van der Waals surface area contributed by atoms with Crippen molar-refractivity contribution in [3.63, 3.8) is 0 Å². The topological polar surface area (TPSA) is 49.8 Å². The number of rotatable bonds is 4. The van der Waals surface area contributed by atoms with Crippen LogP contribution < -0.4 is 9.64 Å². The highest BCUT2D eigenvalue weighted by molar-refractivity contribution is 5.82. The lowest BCUT2D eigenvalue weighted by molar-refractivity contribution is -0.138. The van der Waals surface area contributed by atoms with Crippen molar-refractivity contribution >= 4 is 11.7 Å². The number of carboxylic acid groups (broad SMARTS) is 1. The van der Waals surface area contributed by atoms with Gasteiger partial charge in [0.2, 0.25) is 0 Å². The van der Waals surface area contributed by atoms with Crippen molar-refractivity contribution in [2.45, 2.75) is 19.0 Å². The fraction of sp³-hybridized carbons (Fsp3) is 0.235. The Labute approximate surface area is 123 Å². The molecule has 0 aliphatic carbocycles. The number of benzene rings is 2. The van der Waals surface area contributed by atoms with Crippen molar-refractivity contribution in [2.24, 2.45) is 0 Å². The summed E-state index contributed by atoms with van der Waals surface area (Å²) in [6, 6.07) is 15.1. The number of carboxylic acids is 1. The second kappa shape index (κ2) is 5.48. The fourth-order valence-electron chi connectivity index (χ4n) is 2.88. The van der Waals surface area contributed by atoms with Gasteiger partial charge in [0.15, 0.2) is 0 Å². The molecular weight excluding hydrogens is 266 g/mol. The number of hydrogen-bond donors (Lipinski definition) is 1. The standard InChI is InChI=1S/C17H17NO3/c1-21-16-9-5-3-7-13(16)11-18-14-8-4-2-6-12(14)10-15(18)17(19)20/h2-9,15H,10-11H2,1H3,(H,19,20). The van der Waals surface area contributed by atoms with E-state index in [1.54, 1.807) is 7.11 Å². The summed E-state index contributed by atoms with van der Waals surface area (Å²) >= 11 is 0. The molecule has 108 valence electrons. The summed E-state index contributed by atoms with van der Waals surface area (Å²) in [6.07, 6.45) is 0.542. The van der Waals surface area contributed by atoms with E-state index in [2.05, 4.69) is 0 Å². The molecule has 4 nitrogen and oxygen atoms in total. The highest BCUT2D eigenvalue weighted by atomic mass is 16.5. The summed E-state index contributed by atoms with van der Waals surface area (Å²) in [6.45, 7) is 0.526. The molecule has 0 spiro atoms. The first-order valence-corrected chi connectivity index (χ1v) is 6.90. The van der Waals surface area contributed by atoms with Crippen molar-refractivity contribution in [3.8, 4) is 5.75 Å². The minimum Gasteiger partial charge on any atom is -0.496 e. The average molecular weight is 283 g/mol. The third-order valence-electron chi connectivity index (χ3n) is 3.91. The van der Waals surface area contributed by atoms with Gasteiger partial charge in [-0.15, -0.1) is 0 Å². The molecule has 0 aromatic heterocycles. The van der Waals surface area contributed by atoms with E-state index in [9.17, 15) is 9.90 Å². The molecule has 3 rings (SSSR count). The van der Waals surface area contributed by atoms with Gasteiger partial charge in [-0.25, -0.2) is 4.79 Å². The zero-order valence-electron chi connectivity index (χ0n) is 11.8.